The smallest absolute Gasteiger partial charge is 0.201 e. The maximum Gasteiger partial charge on any atom is 0.201 e. The highest BCUT2D eigenvalue weighted by atomic mass is 35.5. The molecule has 1 aromatic heterocycles. The Morgan fingerprint density at radius 2 is 2.14 bits per heavy atom. The van der Waals surface area contributed by atoms with Crippen molar-refractivity contribution in [1.29, 1.82) is 0 Å². The summed E-state index contributed by atoms with van der Waals surface area (Å²) >= 11 is 5.95. The number of nitrogen functional groups attached to an aromatic ring is 1. The lowest BCUT2D eigenvalue weighted by molar-refractivity contribution is 0.549. The quantitative estimate of drug-likeness (QED) is 0.839. The van der Waals surface area contributed by atoms with Gasteiger partial charge < -0.3 is 10.3 Å². The first-order chi connectivity index (χ1) is 6.52. The normalized spacial score (nSPS) is 11.2. The van der Waals surface area contributed by atoms with Gasteiger partial charge in [-0.1, -0.05) is 31.9 Å². The average molecular weight is 216 g/mol. The van der Waals surface area contributed by atoms with Crippen molar-refractivity contribution in [2.24, 2.45) is 13.0 Å². The van der Waals surface area contributed by atoms with Crippen LogP contribution in [-0.2, 0) is 13.5 Å². The molecule has 1 aromatic rings. The van der Waals surface area contributed by atoms with Crippen LogP contribution in [0.4, 0.5) is 5.95 Å². The van der Waals surface area contributed by atoms with Crippen LogP contribution in [0.1, 0.15) is 32.4 Å². The van der Waals surface area contributed by atoms with E-state index >= 15 is 0 Å². The molecule has 1 rings (SSSR count). The number of nitrogens with zero attached hydrogens (tertiary/aromatic N) is 2. The first-order valence-corrected chi connectivity index (χ1v) is 5.36. The minimum absolute atomic E-state index is 0.495. The maximum atomic E-state index is 5.95. The zero-order valence-corrected chi connectivity index (χ0v) is 9.80. The van der Waals surface area contributed by atoms with Gasteiger partial charge in [-0.05, 0) is 18.8 Å². The van der Waals surface area contributed by atoms with Crippen LogP contribution in [0.15, 0.2) is 0 Å². The van der Waals surface area contributed by atoms with Crippen LogP contribution in [0, 0.1) is 5.92 Å². The van der Waals surface area contributed by atoms with E-state index in [0.717, 1.165) is 24.5 Å². The zero-order valence-electron chi connectivity index (χ0n) is 9.05. The number of rotatable bonds is 4. The van der Waals surface area contributed by atoms with Crippen molar-refractivity contribution in [2.45, 2.75) is 33.1 Å². The molecule has 80 valence electrons. The van der Waals surface area contributed by atoms with Gasteiger partial charge in [-0.15, -0.1) is 0 Å². The van der Waals surface area contributed by atoms with Gasteiger partial charge >= 0.3 is 0 Å². The fourth-order valence-electron chi connectivity index (χ4n) is 1.47. The molecule has 0 bridgehead atoms. The Kier molecular flexibility index (Phi) is 3.81. The van der Waals surface area contributed by atoms with E-state index in [1.807, 2.05) is 11.6 Å². The maximum absolute atomic E-state index is 5.95. The van der Waals surface area contributed by atoms with Gasteiger partial charge in [0, 0.05) is 7.05 Å². The Morgan fingerprint density at radius 3 is 2.57 bits per heavy atom. The van der Waals surface area contributed by atoms with E-state index in [9.17, 15) is 0 Å². The van der Waals surface area contributed by atoms with Crippen LogP contribution in [0.3, 0.4) is 0 Å². The molecule has 0 aliphatic heterocycles. The molecule has 0 radical (unpaired) electrons. The van der Waals surface area contributed by atoms with Crippen LogP contribution in [-0.4, -0.2) is 9.55 Å². The summed E-state index contributed by atoms with van der Waals surface area (Å²) < 4.78 is 1.86. The second-order valence-electron chi connectivity index (χ2n) is 4.05. The minimum Gasteiger partial charge on any atom is -0.369 e. The topological polar surface area (TPSA) is 43.8 Å². The summed E-state index contributed by atoms with van der Waals surface area (Å²) in [5.74, 6) is 1.23. The Hall–Kier alpha value is -0.700. The Morgan fingerprint density at radius 1 is 1.50 bits per heavy atom. The highest BCUT2D eigenvalue weighted by Gasteiger charge is 2.10. The summed E-state index contributed by atoms with van der Waals surface area (Å²) in [6.07, 6.45) is 3.30. The van der Waals surface area contributed by atoms with E-state index in [1.54, 1.807) is 0 Å². The number of aromatic nitrogens is 2. The van der Waals surface area contributed by atoms with Crippen LogP contribution in [0.5, 0.6) is 0 Å². The number of hydrogen-bond acceptors (Lipinski definition) is 2. The molecule has 0 amide bonds. The summed E-state index contributed by atoms with van der Waals surface area (Å²) in [4.78, 5) is 4.01. The second kappa shape index (κ2) is 4.69. The van der Waals surface area contributed by atoms with E-state index in [2.05, 4.69) is 18.8 Å². The van der Waals surface area contributed by atoms with E-state index in [4.69, 9.17) is 17.3 Å². The standard InChI is InChI=1S/C10H18ClN3/c1-7(2)5-4-6-8-9(11)13-10(12)14(8)3/h7H,4-6H2,1-3H3,(H2,12,13). The van der Waals surface area contributed by atoms with Gasteiger partial charge in [-0.2, -0.15) is 0 Å². The average Bonchev–Trinajstić information content (AvgIpc) is 2.31. The van der Waals surface area contributed by atoms with Gasteiger partial charge in [0.1, 0.15) is 0 Å². The molecule has 0 aliphatic carbocycles. The molecular weight excluding hydrogens is 198 g/mol. The first-order valence-electron chi connectivity index (χ1n) is 4.99. The molecule has 2 N–H and O–H groups in total. The lowest BCUT2D eigenvalue weighted by Crippen LogP contribution is -2.02. The number of imidazole rings is 1. The summed E-state index contributed by atoms with van der Waals surface area (Å²) in [5.41, 5.74) is 6.69. The lowest BCUT2D eigenvalue weighted by Gasteiger charge is -2.05. The molecule has 1 heterocycles. The third-order valence-electron chi connectivity index (χ3n) is 2.39. The third-order valence-corrected chi connectivity index (χ3v) is 2.70. The summed E-state index contributed by atoms with van der Waals surface area (Å²) in [6, 6.07) is 0. The Balaban J connectivity index is 2.58. The van der Waals surface area contributed by atoms with Crippen molar-refractivity contribution in [3.05, 3.63) is 10.8 Å². The summed E-state index contributed by atoms with van der Waals surface area (Å²) in [6.45, 7) is 4.44. The van der Waals surface area contributed by atoms with Crippen LogP contribution >= 0.6 is 11.6 Å². The summed E-state index contributed by atoms with van der Waals surface area (Å²) in [5, 5.41) is 0.550. The molecule has 0 unspecified atom stereocenters. The SMILES string of the molecule is CC(C)CCCc1c(Cl)nc(N)n1C. The number of anilines is 1. The summed E-state index contributed by atoms with van der Waals surface area (Å²) in [7, 11) is 1.90. The molecule has 0 aromatic carbocycles. The van der Waals surface area contributed by atoms with E-state index in [0.29, 0.717) is 11.1 Å². The van der Waals surface area contributed by atoms with Crippen LogP contribution in [0.2, 0.25) is 5.15 Å². The minimum atomic E-state index is 0.495. The van der Waals surface area contributed by atoms with Crippen molar-refractivity contribution >= 4 is 17.5 Å². The molecule has 4 heteroatoms. The van der Waals surface area contributed by atoms with Crippen molar-refractivity contribution < 1.29 is 0 Å². The molecule has 3 nitrogen and oxygen atoms in total. The number of hydrogen-bond donors (Lipinski definition) is 1. The Bertz CT molecular complexity index is 305. The van der Waals surface area contributed by atoms with E-state index in [1.165, 1.54) is 6.42 Å². The van der Waals surface area contributed by atoms with Gasteiger partial charge in [0.15, 0.2) is 5.15 Å². The molecule has 0 saturated carbocycles. The molecule has 0 fully saturated rings. The first kappa shape index (κ1) is 11.4. The Labute approximate surface area is 90.3 Å². The zero-order chi connectivity index (χ0) is 10.7. The third kappa shape index (κ3) is 2.64. The highest BCUT2D eigenvalue weighted by Crippen LogP contribution is 2.20. The number of nitrogens with two attached hydrogens (primary N) is 1. The van der Waals surface area contributed by atoms with E-state index in [-0.39, 0.29) is 0 Å². The van der Waals surface area contributed by atoms with Crippen molar-refractivity contribution in [2.75, 3.05) is 5.73 Å². The van der Waals surface area contributed by atoms with Crippen molar-refractivity contribution in [3.8, 4) is 0 Å². The highest BCUT2D eigenvalue weighted by molar-refractivity contribution is 6.30. The van der Waals surface area contributed by atoms with E-state index < -0.39 is 0 Å². The second-order valence-corrected chi connectivity index (χ2v) is 4.41. The molecular formula is C10H18ClN3. The van der Waals surface area contributed by atoms with Gasteiger partial charge in [0.25, 0.3) is 0 Å². The van der Waals surface area contributed by atoms with Gasteiger partial charge in [-0.3, -0.25) is 0 Å². The molecule has 0 aliphatic rings. The van der Waals surface area contributed by atoms with Crippen LogP contribution in [0.25, 0.3) is 0 Å². The lowest BCUT2D eigenvalue weighted by atomic mass is 10.1. The van der Waals surface area contributed by atoms with Gasteiger partial charge in [0.2, 0.25) is 5.95 Å². The fraction of sp³-hybridized carbons (Fsp3) is 0.700. The van der Waals surface area contributed by atoms with Crippen molar-refractivity contribution in [3.63, 3.8) is 0 Å². The molecule has 0 atom stereocenters. The van der Waals surface area contributed by atoms with Crippen LogP contribution < -0.4 is 5.73 Å². The molecule has 0 spiro atoms. The molecule has 14 heavy (non-hydrogen) atoms. The fourth-order valence-corrected chi connectivity index (χ4v) is 1.77. The number of halogens is 1. The predicted molar refractivity (Wildman–Crippen MR) is 60.4 cm³/mol. The van der Waals surface area contributed by atoms with Gasteiger partial charge in [-0.25, -0.2) is 4.98 Å². The monoisotopic (exact) mass is 215 g/mol. The van der Waals surface area contributed by atoms with Gasteiger partial charge in [0.05, 0.1) is 5.69 Å². The predicted octanol–water partition coefficient (Wildman–Crippen LogP) is 2.63. The van der Waals surface area contributed by atoms with Crippen molar-refractivity contribution in [1.82, 2.24) is 9.55 Å². The molecule has 0 saturated heterocycles. The largest absolute Gasteiger partial charge is 0.369 e.